The highest BCUT2D eigenvalue weighted by atomic mass is 35.5. The molecular formula is C10H17ClN4O. The molecule has 6 heteroatoms. The summed E-state index contributed by atoms with van der Waals surface area (Å²) in [4.78, 5) is 11.0. The van der Waals surface area contributed by atoms with E-state index < -0.39 is 11.4 Å². The highest BCUT2D eigenvalue weighted by Crippen LogP contribution is 2.19. The van der Waals surface area contributed by atoms with E-state index in [1.807, 2.05) is 13.8 Å². The number of hydrogen-bond acceptors (Lipinski definition) is 3. The Morgan fingerprint density at radius 1 is 1.56 bits per heavy atom. The number of aromatic nitrogens is 2. The third-order valence-electron chi connectivity index (χ3n) is 2.70. The minimum Gasteiger partial charge on any atom is -0.368 e. The molecule has 0 aromatic carbocycles. The molecule has 0 bridgehead atoms. The van der Waals surface area contributed by atoms with Gasteiger partial charge in [-0.15, -0.1) is 0 Å². The normalized spacial score (nSPS) is 14.8. The number of halogens is 1. The average Bonchev–Trinajstić information content (AvgIpc) is 2.43. The number of aryl methyl sites for hydroxylation is 2. The number of carbonyl (C=O) groups excluding carboxylic acids is 1. The van der Waals surface area contributed by atoms with Gasteiger partial charge in [0.2, 0.25) is 5.91 Å². The van der Waals surface area contributed by atoms with Gasteiger partial charge in [0.1, 0.15) is 0 Å². The largest absolute Gasteiger partial charge is 0.368 e. The lowest BCUT2D eigenvalue weighted by Crippen LogP contribution is -2.49. The molecule has 0 fully saturated rings. The SMILES string of the molecule is Cc1nn(CCC(C)(N)C(N)=O)c(C)c1Cl. The Bertz CT molecular complexity index is 411. The third kappa shape index (κ3) is 2.54. The Kier molecular flexibility index (Phi) is 3.60. The molecule has 0 aliphatic carbocycles. The zero-order chi connectivity index (χ0) is 12.5. The van der Waals surface area contributed by atoms with Gasteiger partial charge in [-0.1, -0.05) is 11.6 Å². The summed E-state index contributed by atoms with van der Waals surface area (Å²) in [6.07, 6.45) is 0.431. The van der Waals surface area contributed by atoms with Gasteiger partial charge in [-0.05, 0) is 27.2 Å². The van der Waals surface area contributed by atoms with E-state index in [4.69, 9.17) is 23.1 Å². The van der Waals surface area contributed by atoms with E-state index in [0.717, 1.165) is 11.4 Å². The summed E-state index contributed by atoms with van der Waals surface area (Å²) in [5.74, 6) is -0.514. The quantitative estimate of drug-likeness (QED) is 0.819. The molecule has 1 aromatic heterocycles. The van der Waals surface area contributed by atoms with E-state index in [1.165, 1.54) is 0 Å². The van der Waals surface area contributed by atoms with Gasteiger partial charge in [0.25, 0.3) is 0 Å². The number of nitrogens with zero attached hydrogens (tertiary/aromatic N) is 2. The number of rotatable bonds is 4. The Labute approximate surface area is 99.7 Å². The summed E-state index contributed by atoms with van der Waals surface area (Å²) >= 11 is 6.00. The van der Waals surface area contributed by atoms with Crippen molar-refractivity contribution in [3.63, 3.8) is 0 Å². The molecule has 4 N–H and O–H groups in total. The molecule has 0 saturated carbocycles. The van der Waals surface area contributed by atoms with E-state index in [-0.39, 0.29) is 0 Å². The van der Waals surface area contributed by atoms with Gasteiger partial charge in [-0.3, -0.25) is 9.48 Å². The molecule has 1 amide bonds. The molecule has 0 aliphatic rings. The van der Waals surface area contributed by atoms with Crippen LogP contribution in [0, 0.1) is 13.8 Å². The van der Waals surface area contributed by atoms with Gasteiger partial charge in [-0.2, -0.15) is 5.10 Å². The van der Waals surface area contributed by atoms with Crippen molar-refractivity contribution in [3.8, 4) is 0 Å². The molecule has 1 aromatic rings. The molecular weight excluding hydrogens is 228 g/mol. The van der Waals surface area contributed by atoms with Crippen molar-refractivity contribution in [2.45, 2.75) is 39.3 Å². The van der Waals surface area contributed by atoms with Gasteiger partial charge < -0.3 is 11.5 Å². The fraction of sp³-hybridized carbons (Fsp3) is 0.600. The molecule has 16 heavy (non-hydrogen) atoms. The van der Waals surface area contributed by atoms with Crippen molar-refractivity contribution >= 4 is 17.5 Å². The Balaban J connectivity index is 2.76. The monoisotopic (exact) mass is 244 g/mol. The van der Waals surface area contributed by atoms with E-state index in [2.05, 4.69) is 5.10 Å². The van der Waals surface area contributed by atoms with Crippen LogP contribution in [-0.4, -0.2) is 21.2 Å². The van der Waals surface area contributed by atoms with E-state index in [0.29, 0.717) is 18.0 Å². The van der Waals surface area contributed by atoms with Crippen molar-refractivity contribution in [1.82, 2.24) is 9.78 Å². The van der Waals surface area contributed by atoms with Crippen LogP contribution < -0.4 is 11.5 Å². The van der Waals surface area contributed by atoms with Crippen molar-refractivity contribution < 1.29 is 4.79 Å². The first-order chi connectivity index (χ1) is 7.25. The van der Waals surface area contributed by atoms with Gasteiger partial charge in [0.15, 0.2) is 0 Å². The number of carbonyl (C=O) groups is 1. The molecule has 0 saturated heterocycles. The minimum absolute atomic E-state index is 0.431. The lowest BCUT2D eigenvalue weighted by molar-refractivity contribution is -0.122. The molecule has 0 radical (unpaired) electrons. The molecule has 5 nitrogen and oxygen atoms in total. The number of nitrogens with two attached hydrogens (primary N) is 2. The van der Waals surface area contributed by atoms with Crippen LogP contribution >= 0.6 is 11.6 Å². The Morgan fingerprint density at radius 3 is 2.50 bits per heavy atom. The molecule has 0 spiro atoms. The summed E-state index contributed by atoms with van der Waals surface area (Å²) in [6, 6.07) is 0. The average molecular weight is 245 g/mol. The number of primary amides is 1. The lowest BCUT2D eigenvalue weighted by atomic mass is 9.99. The first-order valence-electron chi connectivity index (χ1n) is 5.04. The molecule has 1 heterocycles. The Morgan fingerprint density at radius 2 is 2.12 bits per heavy atom. The van der Waals surface area contributed by atoms with Gasteiger partial charge in [0.05, 0.1) is 21.9 Å². The molecule has 1 rings (SSSR count). The second-order valence-corrected chi connectivity index (χ2v) is 4.62. The Hall–Kier alpha value is -1.07. The maximum atomic E-state index is 11.0. The molecule has 1 unspecified atom stereocenters. The maximum absolute atomic E-state index is 11.0. The van der Waals surface area contributed by atoms with Crippen LogP contribution in [0.2, 0.25) is 5.02 Å². The second-order valence-electron chi connectivity index (χ2n) is 4.24. The fourth-order valence-corrected chi connectivity index (χ4v) is 1.49. The number of hydrogen-bond donors (Lipinski definition) is 2. The zero-order valence-corrected chi connectivity index (χ0v) is 10.5. The summed E-state index contributed by atoms with van der Waals surface area (Å²) in [6.45, 7) is 5.85. The van der Waals surface area contributed by atoms with Crippen molar-refractivity contribution in [3.05, 3.63) is 16.4 Å². The standard InChI is InChI=1S/C10H17ClN4O/c1-6-8(11)7(2)15(14-6)5-4-10(3,13)9(12)16/h4-5,13H2,1-3H3,(H2,12,16). The van der Waals surface area contributed by atoms with Crippen molar-refractivity contribution in [2.24, 2.45) is 11.5 Å². The number of amides is 1. The molecule has 0 aliphatic heterocycles. The zero-order valence-electron chi connectivity index (χ0n) is 9.75. The summed E-state index contributed by atoms with van der Waals surface area (Å²) in [7, 11) is 0. The van der Waals surface area contributed by atoms with Crippen LogP contribution in [-0.2, 0) is 11.3 Å². The summed E-state index contributed by atoms with van der Waals surface area (Å²) in [5.41, 5.74) is 11.6. The van der Waals surface area contributed by atoms with Crippen LogP contribution in [0.3, 0.4) is 0 Å². The van der Waals surface area contributed by atoms with Crippen LogP contribution in [0.5, 0.6) is 0 Å². The highest BCUT2D eigenvalue weighted by molar-refractivity contribution is 6.31. The van der Waals surface area contributed by atoms with Crippen molar-refractivity contribution in [1.29, 1.82) is 0 Å². The van der Waals surface area contributed by atoms with E-state index >= 15 is 0 Å². The lowest BCUT2D eigenvalue weighted by Gasteiger charge is -2.20. The van der Waals surface area contributed by atoms with Gasteiger partial charge in [0, 0.05) is 6.54 Å². The van der Waals surface area contributed by atoms with Crippen LogP contribution in [0.1, 0.15) is 24.7 Å². The predicted octanol–water partition coefficient (Wildman–Crippen LogP) is 0.746. The molecule has 1 atom stereocenters. The molecule has 90 valence electrons. The van der Waals surface area contributed by atoms with Gasteiger partial charge in [-0.25, -0.2) is 0 Å². The van der Waals surface area contributed by atoms with Gasteiger partial charge >= 0.3 is 0 Å². The fourth-order valence-electron chi connectivity index (χ4n) is 1.35. The topological polar surface area (TPSA) is 86.9 Å². The second kappa shape index (κ2) is 4.43. The smallest absolute Gasteiger partial charge is 0.237 e. The van der Waals surface area contributed by atoms with E-state index in [1.54, 1.807) is 11.6 Å². The summed E-state index contributed by atoms with van der Waals surface area (Å²) in [5, 5.41) is 4.90. The highest BCUT2D eigenvalue weighted by Gasteiger charge is 2.25. The first-order valence-corrected chi connectivity index (χ1v) is 5.42. The minimum atomic E-state index is -1.02. The first kappa shape index (κ1) is 13.0. The predicted molar refractivity (Wildman–Crippen MR) is 63.1 cm³/mol. The van der Waals surface area contributed by atoms with E-state index in [9.17, 15) is 4.79 Å². The van der Waals surface area contributed by atoms with Crippen LogP contribution in [0.25, 0.3) is 0 Å². The maximum Gasteiger partial charge on any atom is 0.237 e. The van der Waals surface area contributed by atoms with Crippen LogP contribution in [0.15, 0.2) is 0 Å². The van der Waals surface area contributed by atoms with Crippen LogP contribution in [0.4, 0.5) is 0 Å². The van der Waals surface area contributed by atoms with Crippen molar-refractivity contribution in [2.75, 3.05) is 0 Å². The third-order valence-corrected chi connectivity index (χ3v) is 3.25. The summed E-state index contributed by atoms with van der Waals surface area (Å²) < 4.78 is 1.74.